The second-order valence-electron chi connectivity index (χ2n) is 4.21. The molecule has 1 aliphatic heterocycles. The molecule has 0 saturated carbocycles. The SMILES string of the molecule is CCOc1ccnc(N(C)CC2CNCCO2)n1. The maximum Gasteiger partial charge on any atom is 0.228 e. The molecule has 1 saturated heterocycles. The molecule has 6 nitrogen and oxygen atoms in total. The third kappa shape index (κ3) is 3.54. The van der Waals surface area contributed by atoms with Crippen LogP contribution in [0.15, 0.2) is 12.3 Å². The summed E-state index contributed by atoms with van der Waals surface area (Å²) in [7, 11) is 1.96. The monoisotopic (exact) mass is 252 g/mol. The molecule has 1 aromatic rings. The van der Waals surface area contributed by atoms with Gasteiger partial charge in [0.15, 0.2) is 0 Å². The van der Waals surface area contributed by atoms with E-state index in [-0.39, 0.29) is 6.10 Å². The standard InChI is InChI=1S/C12H20N4O2/c1-3-17-11-4-5-14-12(15-11)16(2)9-10-8-13-6-7-18-10/h4-5,10,13H,3,6-9H2,1-2H3. The summed E-state index contributed by atoms with van der Waals surface area (Å²) in [6.07, 6.45) is 1.90. The minimum absolute atomic E-state index is 0.183. The third-order valence-electron chi connectivity index (χ3n) is 2.73. The van der Waals surface area contributed by atoms with Crippen molar-refractivity contribution in [1.29, 1.82) is 0 Å². The molecule has 0 spiro atoms. The number of hydrogen-bond donors (Lipinski definition) is 1. The normalized spacial score (nSPS) is 19.6. The summed E-state index contributed by atoms with van der Waals surface area (Å²) in [5.41, 5.74) is 0. The molecule has 100 valence electrons. The van der Waals surface area contributed by atoms with E-state index in [0.717, 1.165) is 26.2 Å². The van der Waals surface area contributed by atoms with E-state index in [9.17, 15) is 0 Å². The summed E-state index contributed by atoms with van der Waals surface area (Å²) < 4.78 is 11.0. The number of hydrogen-bond acceptors (Lipinski definition) is 6. The molecule has 0 bridgehead atoms. The van der Waals surface area contributed by atoms with Crippen molar-refractivity contribution >= 4 is 5.95 Å². The first-order chi connectivity index (χ1) is 8.79. The van der Waals surface area contributed by atoms with Gasteiger partial charge in [0, 0.05) is 38.9 Å². The maximum atomic E-state index is 5.66. The lowest BCUT2D eigenvalue weighted by molar-refractivity contribution is 0.0338. The van der Waals surface area contributed by atoms with Crippen molar-refractivity contribution in [2.45, 2.75) is 13.0 Å². The zero-order chi connectivity index (χ0) is 12.8. The smallest absolute Gasteiger partial charge is 0.228 e. The molecule has 0 radical (unpaired) electrons. The van der Waals surface area contributed by atoms with E-state index in [2.05, 4.69) is 15.3 Å². The number of aromatic nitrogens is 2. The minimum Gasteiger partial charge on any atom is -0.478 e. The van der Waals surface area contributed by atoms with Crippen LogP contribution in [0, 0.1) is 0 Å². The number of morpholine rings is 1. The van der Waals surface area contributed by atoms with Gasteiger partial charge in [0.25, 0.3) is 0 Å². The van der Waals surface area contributed by atoms with Gasteiger partial charge in [0.2, 0.25) is 11.8 Å². The van der Waals surface area contributed by atoms with Gasteiger partial charge in [-0.05, 0) is 6.92 Å². The second-order valence-corrected chi connectivity index (χ2v) is 4.21. The van der Waals surface area contributed by atoms with E-state index in [4.69, 9.17) is 9.47 Å². The lowest BCUT2D eigenvalue weighted by atomic mass is 10.3. The predicted molar refractivity (Wildman–Crippen MR) is 69.1 cm³/mol. The molecule has 1 N–H and O–H groups in total. The van der Waals surface area contributed by atoms with Crippen molar-refractivity contribution in [3.63, 3.8) is 0 Å². The van der Waals surface area contributed by atoms with Crippen LogP contribution in [0.1, 0.15) is 6.92 Å². The Balaban J connectivity index is 1.94. The molecule has 1 atom stereocenters. The largest absolute Gasteiger partial charge is 0.478 e. The highest BCUT2D eigenvalue weighted by atomic mass is 16.5. The first-order valence-electron chi connectivity index (χ1n) is 6.29. The average molecular weight is 252 g/mol. The van der Waals surface area contributed by atoms with Gasteiger partial charge >= 0.3 is 0 Å². The van der Waals surface area contributed by atoms with Crippen LogP contribution in [-0.4, -0.2) is 56.0 Å². The van der Waals surface area contributed by atoms with Crippen LogP contribution in [0.25, 0.3) is 0 Å². The Labute approximate surface area is 107 Å². The van der Waals surface area contributed by atoms with Crippen molar-refractivity contribution < 1.29 is 9.47 Å². The van der Waals surface area contributed by atoms with Crippen molar-refractivity contribution in [3.8, 4) is 5.88 Å². The highest BCUT2D eigenvalue weighted by Crippen LogP contribution is 2.12. The van der Waals surface area contributed by atoms with Crippen LogP contribution in [0.4, 0.5) is 5.95 Å². The van der Waals surface area contributed by atoms with Crippen LogP contribution in [-0.2, 0) is 4.74 Å². The Hall–Kier alpha value is -1.40. The molecule has 0 aliphatic carbocycles. The predicted octanol–water partition coefficient (Wildman–Crippen LogP) is 0.300. The highest BCUT2D eigenvalue weighted by molar-refractivity contribution is 5.30. The van der Waals surface area contributed by atoms with Gasteiger partial charge in [-0.25, -0.2) is 4.98 Å². The van der Waals surface area contributed by atoms with E-state index in [1.54, 1.807) is 12.3 Å². The molecule has 18 heavy (non-hydrogen) atoms. The van der Waals surface area contributed by atoms with E-state index in [1.807, 2.05) is 18.9 Å². The van der Waals surface area contributed by atoms with E-state index in [0.29, 0.717) is 18.4 Å². The number of rotatable bonds is 5. The molecule has 2 rings (SSSR count). The average Bonchev–Trinajstić information content (AvgIpc) is 2.40. The van der Waals surface area contributed by atoms with Gasteiger partial charge in [-0.2, -0.15) is 4.98 Å². The van der Waals surface area contributed by atoms with Crippen molar-refractivity contribution in [2.75, 3.05) is 44.8 Å². The Morgan fingerprint density at radius 1 is 1.61 bits per heavy atom. The molecule has 0 amide bonds. The fraction of sp³-hybridized carbons (Fsp3) is 0.667. The molecule has 6 heteroatoms. The van der Waals surface area contributed by atoms with Gasteiger partial charge < -0.3 is 19.7 Å². The maximum absolute atomic E-state index is 5.66. The lowest BCUT2D eigenvalue weighted by Crippen LogP contribution is -2.44. The fourth-order valence-electron chi connectivity index (χ4n) is 1.87. The number of nitrogens with zero attached hydrogens (tertiary/aromatic N) is 3. The molecule has 1 fully saturated rings. The molecule has 1 aliphatic rings. The summed E-state index contributed by atoms with van der Waals surface area (Å²) in [5.74, 6) is 1.27. The van der Waals surface area contributed by atoms with Crippen LogP contribution >= 0.6 is 0 Å². The van der Waals surface area contributed by atoms with Gasteiger partial charge in [-0.1, -0.05) is 0 Å². The number of anilines is 1. The van der Waals surface area contributed by atoms with Crippen LogP contribution in [0.3, 0.4) is 0 Å². The van der Waals surface area contributed by atoms with Gasteiger partial charge in [0.05, 0.1) is 19.3 Å². The Morgan fingerprint density at radius 2 is 2.50 bits per heavy atom. The van der Waals surface area contributed by atoms with Crippen LogP contribution < -0.4 is 15.0 Å². The summed E-state index contributed by atoms with van der Waals surface area (Å²) in [5, 5.41) is 3.31. The number of ether oxygens (including phenoxy) is 2. The third-order valence-corrected chi connectivity index (χ3v) is 2.73. The van der Waals surface area contributed by atoms with E-state index >= 15 is 0 Å². The number of nitrogens with one attached hydrogen (secondary N) is 1. The van der Waals surface area contributed by atoms with Crippen molar-refractivity contribution in [3.05, 3.63) is 12.3 Å². The van der Waals surface area contributed by atoms with Crippen LogP contribution in [0.2, 0.25) is 0 Å². The zero-order valence-electron chi connectivity index (χ0n) is 10.9. The quantitative estimate of drug-likeness (QED) is 0.813. The number of likely N-dealkylation sites (N-methyl/N-ethyl adjacent to an activating group) is 1. The molecule has 1 unspecified atom stereocenters. The second kappa shape index (κ2) is 6.51. The fourth-order valence-corrected chi connectivity index (χ4v) is 1.87. The lowest BCUT2D eigenvalue weighted by Gasteiger charge is -2.28. The first-order valence-corrected chi connectivity index (χ1v) is 6.29. The minimum atomic E-state index is 0.183. The highest BCUT2D eigenvalue weighted by Gasteiger charge is 2.17. The Morgan fingerprint density at radius 3 is 3.22 bits per heavy atom. The summed E-state index contributed by atoms with van der Waals surface area (Å²) >= 11 is 0. The topological polar surface area (TPSA) is 59.5 Å². The first kappa shape index (κ1) is 13.0. The van der Waals surface area contributed by atoms with Crippen molar-refractivity contribution in [2.24, 2.45) is 0 Å². The summed E-state index contributed by atoms with van der Waals surface area (Å²) in [6.45, 7) is 5.87. The Bertz CT molecular complexity index is 369. The zero-order valence-corrected chi connectivity index (χ0v) is 10.9. The molecular weight excluding hydrogens is 232 g/mol. The van der Waals surface area contributed by atoms with Gasteiger partial charge in [-0.15, -0.1) is 0 Å². The molecular formula is C12H20N4O2. The molecule has 1 aromatic heterocycles. The summed E-state index contributed by atoms with van der Waals surface area (Å²) in [4.78, 5) is 10.6. The van der Waals surface area contributed by atoms with Gasteiger partial charge in [0.1, 0.15) is 0 Å². The van der Waals surface area contributed by atoms with E-state index in [1.165, 1.54) is 0 Å². The van der Waals surface area contributed by atoms with E-state index < -0.39 is 0 Å². The molecule has 0 aromatic carbocycles. The molecule has 2 heterocycles. The van der Waals surface area contributed by atoms with Crippen LogP contribution in [0.5, 0.6) is 5.88 Å². The van der Waals surface area contributed by atoms with Crippen molar-refractivity contribution in [1.82, 2.24) is 15.3 Å². The summed E-state index contributed by atoms with van der Waals surface area (Å²) in [6, 6.07) is 1.76. The van der Waals surface area contributed by atoms with Gasteiger partial charge in [-0.3, -0.25) is 0 Å². The Kier molecular flexibility index (Phi) is 4.72.